The molecule has 0 aliphatic heterocycles. The zero-order valence-electron chi connectivity index (χ0n) is 10.6. The van der Waals surface area contributed by atoms with E-state index in [1.165, 1.54) is 26.0 Å². The van der Waals surface area contributed by atoms with Crippen LogP contribution in [-0.4, -0.2) is 19.0 Å². The lowest BCUT2D eigenvalue weighted by Gasteiger charge is -2.19. The fourth-order valence-corrected chi connectivity index (χ4v) is 2.93. The van der Waals surface area contributed by atoms with Gasteiger partial charge >= 0.3 is 0 Å². The summed E-state index contributed by atoms with van der Waals surface area (Å²) in [5.74, 6) is 1.24. The molecule has 1 aromatic rings. The number of alkyl halides is 1. The highest BCUT2D eigenvalue weighted by molar-refractivity contribution is 6.18. The van der Waals surface area contributed by atoms with Crippen LogP contribution in [-0.2, 0) is 6.54 Å². The van der Waals surface area contributed by atoms with Crippen LogP contribution >= 0.6 is 11.6 Å². The van der Waals surface area contributed by atoms with Gasteiger partial charge in [0.05, 0.1) is 7.11 Å². The Kier molecular flexibility index (Phi) is 4.84. The molecule has 0 bridgehead atoms. The summed E-state index contributed by atoms with van der Waals surface area (Å²) in [6.45, 7) is 0.680. The Morgan fingerprint density at radius 1 is 1.44 bits per heavy atom. The standard InChI is InChI=1S/C14H19ClFNO/c1-18-14-6-5-10(7-12(14)16)9-17-13-4-2-3-11(13)8-15/h5-7,11,13,17H,2-4,8-9H2,1H3. The molecule has 0 heterocycles. The Bertz CT molecular complexity index is 399. The van der Waals surface area contributed by atoms with Gasteiger partial charge in [0, 0.05) is 18.5 Å². The zero-order valence-corrected chi connectivity index (χ0v) is 11.3. The topological polar surface area (TPSA) is 21.3 Å². The number of halogens is 2. The van der Waals surface area contributed by atoms with Gasteiger partial charge in [-0.3, -0.25) is 0 Å². The number of hydrogen-bond acceptors (Lipinski definition) is 2. The van der Waals surface area contributed by atoms with Gasteiger partial charge in [-0.05, 0) is 36.5 Å². The van der Waals surface area contributed by atoms with Crippen molar-refractivity contribution in [1.29, 1.82) is 0 Å². The van der Waals surface area contributed by atoms with Gasteiger partial charge in [0.25, 0.3) is 0 Å². The van der Waals surface area contributed by atoms with E-state index in [9.17, 15) is 4.39 Å². The van der Waals surface area contributed by atoms with Crippen molar-refractivity contribution in [2.45, 2.75) is 31.8 Å². The van der Waals surface area contributed by atoms with Crippen molar-refractivity contribution in [3.63, 3.8) is 0 Å². The van der Waals surface area contributed by atoms with Gasteiger partial charge in [0.15, 0.2) is 11.6 Å². The predicted octanol–water partition coefficient (Wildman–Crippen LogP) is 3.33. The molecule has 2 atom stereocenters. The minimum absolute atomic E-state index is 0.290. The first kappa shape index (κ1) is 13.6. The van der Waals surface area contributed by atoms with Crippen molar-refractivity contribution in [3.05, 3.63) is 29.6 Å². The van der Waals surface area contributed by atoms with E-state index in [0.29, 0.717) is 30.1 Å². The van der Waals surface area contributed by atoms with Crippen LogP contribution in [0.25, 0.3) is 0 Å². The SMILES string of the molecule is COc1ccc(CNC2CCCC2CCl)cc1F. The van der Waals surface area contributed by atoms with Crippen molar-refractivity contribution in [1.82, 2.24) is 5.32 Å². The summed E-state index contributed by atoms with van der Waals surface area (Å²) in [6, 6.07) is 5.54. The highest BCUT2D eigenvalue weighted by Crippen LogP contribution is 2.27. The third-order valence-electron chi connectivity index (χ3n) is 3.64. The summed E-state index contributed by atoms with van der Waals surface area (Å²) < 4.78 is 18.4. The first-order valence-electron chi connectivity index (χ1n) is 6.36. The minimum atomic E-state index is -0.308. The van der Waals surface area contributed by atoms with Crippen molar-refractivity contribution >= 4 is 11.6 Å². The molecule has 1 N–H and O–H groups in total. The summed E-state index contributed by atoms with van der Waals surface area (Å²) in [7, 11) is 1.47. The first-order valence-corrected chi connectivity index (χ1v) is 6.90. The second kappa shape index (κ2) is 6.39. The normalized spacial score (nSPS) is 23.3. The number of ether oxygens (including phenoxy) is 1. The van der Waals surface area contributed by atoms with Crippen LogP contribution < -0.4 is 10.1 Å². The van der Waals surface area contributed by atoms with E-state index >= 15 is 0 Å². The van der Waals surface area contributed by atoms with E-state index in [4.69, 9.17) is 16.3 Å². The van der Waals surface area contributed by atoms with E-state index in [0.717, 1.165) is 12.0 Å². The Balaban J connectivity index is 1.92. The van der Waals surface area contributed by atoms with Gasteiger partial charge in [-0.25, -0.2) is 4.39 Å². The lowest BCUT2D eigenvalue weighted by Crippen LogP contribution is -2.32. The first-order chi connectivity index (χ1) is 8.74. The molecule has 0 amide bonds. The summed E-state index contributed by atoms with van der Waals surface area (Å²) in [5, 5.41) is 3.47. The smallest absolute Gasteiger partial charge is 0.165 e. The maximum Gasteiger partial charge on any atom is 0.165 e. The number of methoxy groups -OCH3 is 1. The highest BCUT2D eigenvalue weighted by Gasteiger charge is 2.25. The molecule has 0 aromatic heterocycles. The van der Waals surface area contributed by atoms with Crippen molar-refractivity contribution in [2.75, 3.05) is 13.0 Å². The Morgan fingerprint density at radius 2 is 2.28 bits per heavy atom. The van der Waals surface area contributed by atoms with E-state index in [1.54, 1.807) is 6.07 Å². The molecule has 1 fully saturated rings. The molecule has 1 saturated carbocycles. The van der Waals surface area contributed by atoms with Crippen LogP contribution in [0.3, 0.4) is 0 Å². The lowest BCUT2D eigenvalue weighted by molar-refractivity contribution is 0.385. The number of benzene rings is 1. The predicted molar refractivity (Wildman–Crippen MR) is 71.6 cm³/mol. The van der Waals surface area contributed by atoms with Gasteiger partial charge in [0.2, 0.25) is 0 Å². The molecule has 2 nitrogen and oxygen atoms in total. The molecule has 1 aromatic carbocycles. The van der Waals surface area contributed by atoms with E-state index in [1.807, 2.05) is 6.07 Å². The fraction of sp³-hybridized carbons (Fsp3) is 0.571. The molecule has 4 heteroatoms. The quantitative estimate of drug-likeness (QED) is 0.830. The maximum absolute atomic E-state index is 13.5. The summed E-state index contributed by atoms with van der Waals surface area (Å²) in [5.41, 5.74) is 0.938. The van der Waals surface area contributed by atoms with Crippen LogP contribution in [0.5, 0.6) is 5.75 Å². The minimum Gasteiger partial charge on any atom is -0.494 e. The summed E-state index contributed by atoms with van der Waals surface area (Å²) >= 11 is 5.93. The molecule has 18 heavy (non-hydrogen) atoms. The average Bonchev–Trinajstić information content (AvgIpc) is 2.84. The van der Waals surface area contributed by atoms with Crippen LogP contribution in [0.4, 0.5) is 4.39 Å². The molecule has 100 valence electrons. The maximum atomic E-state index is 13.5. The molecule has 0 spiro atoms. The number of nitrogens with one attached hydrogen (secondary N) is 1. The van der Waals surface area contributed by atoms with Crippen LogP contribution in [0, 0.1) is 11.7 Å². The van der Waals surface area contributed by atoms with Gasteiger partial charge in [0.1, 0.15) is 0 Å². The van der Waals surface area contributed by atoms with Gasteiger partial charge in [-0.2, -0.15) is 0 Å². The molecule has 2 rings (SSSR count). The van der Waals surface area contributed by atoms with Crippen LogP contribution in [0.15, 0.2) is 18.2 Å². The second-order valence-electron chi connectivity index (χ2n) is 4.80. The third-order valence-corrected chi connectivity index (χ3v) is 4.04. The fourth-order valence-electron chi connectivity index (χ4n) is 2.56. The van der Waals surface area contributed by atoms with Crippen molar-refractivity contribution in [3.8, 4) is 5.75 Å². The molecule has 2 unspecified atom stereocenters. The second-order valence-corrected chi connectivity index (χ2v) is 5.11. The summed E-state index contributed by atoms with van der Waals surface area (Å²) in [6.07, 6.45) is 3.58. The van der Waals surface area contributed by atoms with Crippen molar-refractivity contribution in [2.24, 2.45) is 5.92 Å². The molecular weight excluding hydrogens is 253 g/mol. The van der Waals surface area contributed by atoms with Crippen LogP contribution in [0.1, 0.15) is 24.8 Å². The Morgan fingerprint density at radius 3 is 2.94 bits per heavy atom. The van der Waals surface area contributed by atoms with E-state index in [-0.39, 0.29) is 5.82 Å². The van der Waals surface area contributed by atoms with Crippen LogP contribution in [0.2, 0.25) is 0 Å². The Labute approximate surface area is 112 Å². The molecule has 1 aliphatic carbocycles. The monoisotopic (exact) mass is 271 g/mol. The summed E-state index contributed by atoms with van der Waals surface area (Å²) in [4.78, 5) is 0. The van der Waals surface area contributed by atoms with Gasteiger partial charge in [-0.1, -0.05) is 12.5 Å². The van der Waals surface area contributed by atoms with Gasteiger partial charge in [-0.15, -0.1) is 11.6 Å². The molecule has 1 aliphatic rings. The Hall–Kier alpha value is -0.800. The molecule has 0 radical (unpaired) electrons. The molecule has 0 saturated heterocycles. The average molecular weight is 272 g/mol. The largest absolute Gasteiger partial charge is 0.494 e. The number of rotatable bonds is 5. The highest BCUT2D eigenvalue weighted by atomic mass is 35.5. The third kappa shape index (κ3) is 3.15. The van der Waals surface area contributed by atoms with E-state index < -0.39 is 0 Å². The lowest BCUT2D eigenvalue weighted by atomic mass is 10.1. The molecular formula is C14H19ClFNO. The zero-order chi connectivity index (χ0) is 13.0. The van der Waals surface area contributed by atoms with Gasteiger partial charge < -0.3 is 10.1 Å². The van der Waals surface area contributed by atoms with Crippen molar-refractivity contribution < 1.29 is 9.13 Å². The number of hydrogen-bond donors (Lipinski definition) is 1. The van der Waals surface area contributed by atoms with E-state index in [2.05, 4.69) is 5.32 Å².